The molecule has 9 nitrogen and oxygen atoms in total. The second kappa shape index (κ2) is 8.38. The predicted molar refractivity (Wildman–Crippen MR) is 121 cm³/mol. The average Bonchev–Trinajstić information content (AvgIpc) is 3.15. The second-order valence-electron chi connectivity index (χ2n) is 8.87. The molecule has 1 aromatic heterocycles. The van der Waals surface area contributed by atoms with Gasteiger partial charge in [-0.1, -0.05) is 12.1 Å². The molecule has 0 saturated carbocycles. The highest BCUT2D eigenvalue weighted by atomic mass is 16.5. The third-order valence-corrected chi connectivity index (χ3v) is 6.41. The number of nitrogens with two attached hydrogens (primary N) is 1. The Labute approximate surface area is 187 Å². The summed E-state index contributed by atoms with van der Waals surface area (Å²) >= 11 is 0. The summed E-state index contributed by atoms with van der Waals surface area (Å²) in [5, 5.41) is 2.95. The summed E-state index contributed by atoms with van der Waals surface area (Å²) in [6.07, 6.45) is 4.89. The van der Waals surface area contributed by atoms with Crippen LogP contribution in [0.5, 0.6) is 0 Å². The molecule has 2 aromatic rings. The van der Waals surface area contributed by atoms with E-state index in [1.165, 1.54) is 6.20 Å². The van der Waals surface area contributed by atoms with E-state index < -0.39 is 5.54 Å². The zero-order chi connectivity index (χ0) is 23.0. The van der Waals surface area contributed by atoms with Crippen LogP contribution < -0.4 is 11.1 Å². The van der Waals surface area contributed by atoms with Crippen LogP contribution in [-0.4, -0.2) is 51.0 Å². The number of hydrogen-bond donors (Lipinski definition) is 2. The molecule has 4 rings (SSSR count). The predicted octanol–water partition coefficient (Wildman–Crippen LogP) is 2.31. The van der Waals surface area contributed by atoms with Gasteiger partial charge in [0.25, 0.3) is 5.91 Å². The molecule has 9 heteroatoms. The molecule has 1 unspecified atom stereocenters. The highest BCUT2D eigenvalue weighted by Crippen LogP contribution is 2.38. The van der Waals surface area contributed by atoms with Crippen LogP contribution >= 0.6 is 0 Å². The van der Waals surface area contributed by atoms with E-state index in [9.17, 15) is 9.59 Å². The Morgan fingerprint density at radius 1 is 1.38 bits per heavy atom. The van der Waals surface area contributed by atoms with Gasteiger partial charge in [-0.25, -0.2) is 9.98 Å². The minimum Gasteiger partial charge on any atom is -0.378 e. The number of aryl methyl sites for hydroxylation is 1. The molecule has 1 aromatic carbocycles. The van der Waals surface area contributed by atoms with Crippen molar-refractivity contribution in [3.8, 4) is 0 Å². The van der Waals surface area contributed by atoms with Gasteiger partial charge in [-0.15, -0.1) is 0 Å². The number of guanidine groups is 1. The van der Waals surface area contributed by atoms with Crippen LogP contribution in [0.4, 0.5) is 5.69 Å². The van der Waals surface area contributed by atoms with Crippen molar-refractivity contribution in [3.63, 3.8) is 0 Å². The van der Waals surface area contributed by atoms with Crippen molar-refractivity contribution >= 4 is 23.5 Å². The third kappa shape index (κ3) is 4.00. The molecule has 0 radical (unpaired) electrons. The van der Waals surface area contributed by atoms with E-state index in [1.54, 1.807) is 22.8 Å². The van der Waals surface area contributed by atoms with Crippen molar-refractivity contribution in [2.24, 2.45) is 17.8 Å². The van der Waals surface area contributed by atoms with Crippen molar-refractivity contribution < 1.29 is 14.3 Å². The summed E-state index contributed by atoms with van der Waals surface area (Å²) < 4.78 is 7.27. The fourth-order valence-electron chi connectivity index (χ4n) is 4.73. The zero-order valence-corrected chi connectivity index (χ0v) is 19.0. The summed E-state index contributed by atoms with van der Waals surface area (Å²) in [6, 6.07) is 5.63. The first-order valence-corrected chi connectivity index (χ1v) is 10.9. The lowest BCUT2D eigenvalue weighted by Crippen LogP contribution is -2.56. The molecule has 1 saturated heterocycles. The number of aromatic nitrogens is 2. The number of imidazole rings is 1. The number of nitrogens with zero attached hydrogens (tertiary/aromatic N) is 4. The number of hydrogen-bond acceptors (Lipinski definition) is 6. The van der Waals surface area contributed by atoms with E-state index in [2.05, 4.69) is 10.3 Å². The standard InChI is InChI=1S/C23H30N6O3/c1-14-10-16(8-9-32-14)29-20(30)11-23(3,27-22(29)24)17-6-5-7-18(15(17)2)26-21(31)19-12-25-13-28(19)4/h5-7,12-14,16H,8-11H2,1-4H3,(H2,24,27)(H,26,31)/t14?,16-,23+/m1/s1. The van der Waals surface area contributed by atoms with E-state index in [-0.39, 0.29) is 36.3 Å². The molecule has 3 N–H and O–H groups in total. The lowest BCUT2D eigenvalue weighted by Gasteiger charge is -2.42. The van der Waals surface area contributed by atoms with Gasteiger partial charge in [0.2, 0.25) is 5.91 Å². The maximum absolute atomic E-state index is 13.2. The van der Waals surface area contributed by atoms with Crippen LogP contribution in [0.2, 0.25) is 0 Å². The van der Waals surface area contributed by atoms with Gasteiger partial charge in [0, 0.05) is 25.4 Å². The topological polar surface area (TPSA) is 115 Å². The Balaban J connectivity index is 1.62. The summed E-state index contributed by atoms with van der Waals surface area (Å²) in [7, 11) is 1.77. The van der Waals surface area contributed by atoms with Crippen LogP contribution in [0.15, 0.2) is 35.7 Å². The Bertz CT molecular complexity index is 1080. The SMILES string of the molecule is Cc1c(NC(=O)c2cncn2C)cccc1[C@]1(C)CC(=O)N([C@@H]2CCOC(C)C2)C(N)=N1. The van der Waals surface area contributed by atoms with Crippen molar-refractivity contribution in [1.29, 1.82) is 0 Å². The summed E-state index contributed by atoms with van der Waals surface area (Å²) in [5.74, 6) is -0.0488. The highest BCUT2D eigenvalue weighted by molar-refractivity contribution is 6.03. The maximum Gasteiger partial charge on any atom is 0.273 e. The maximum atomic E-state index is 13.2. The fourth-order valence-corrected chi connectivity index (χ4v) is 4.73. The van der Waals surface area contributed by atoms with Gasteiger partial charge >= 0.3 is 0 Å². The molecule has 0 aliphatic carbocycles. The Morgan fingerprint density at radius 3 is 2.81 bits per heavy atom. The normalized spacial score (nSPS) is 26.1. The van der Waals surface area contributed by atoms with Crippen molar-refractivity contribution in [1.82, 2.24) is 14.5 Å². The number of amides is 2. The lowest BCUT2D eigenvalue weighted by atomic mass is 9.83. The van der Waals surface area contributed by atoms with Crippen molar-refractivity contribution in [2.45, 2.75) is 57.7 Å². The average molecular weight is 439 g/mol. The minimum atomic E-state index is -0.814. The number of carbonyl (C=O) groups excluding carboxylic acids is 2. The number of rotatable bonds is 4. The van der Waals surface area contributed by atoms with E-state index in [4.69, 9.17) is 15.5 Å². The molecule has 32 heavy (non-hydrogen) atoms. The van der Waals surface area contributed by atoms with Crippen molar-refractivity contribution in [2.75, 3.05) is 11.9 Å². The molecule has 2 aliphatic rings. The quantitative estimate of drug-likeness (QED) is 0.760. The molecule has 3 heterocycles. The fraction of sp³-hybridized carbons (Fsp3) is 0.478. The molecular weight excluding hydrogens is 408 g/mol. The van der Waals surface area contributed by atoms with Gasteiger partial charge in [-0.3, -0.25) is 14.5 Å². The Morgan fingerprint density at radius 2 is 2.16 bits per heavy atom. The van der Waals surface area contributed by atoms with Gasteiger partial charge in [0.05, 0.1) is 30.6 Å². The minimum absolute atomic E-state index is 0.00478. The molecule has 0 bridgehead atoms. The molecule has 170 valence electrons. The molecule has 2 aliphatic heterocycles. The Kier molecular flexibility index (Phi) is 5.77. The van der Waals surface area contributed by atoms with Gasteiger partial charge in [-0.2, -0.15) is 0 Å². The van der Waals surface area contributed by atoms with Gasteiger partial charge in [-0.05, 0) is 50.8 Å². The second-order valence-corrected chi connectivity index (χ2v) is 8.87. The number of benzene rings is 1. The van der Waals surface area contributed by atoms with E-state index in [0.29, 0.717) is 18.0 Å². The van der Waals surface area contributed by atoms with Crippen molar-refractivity contribution in [3.05, 3.63) is 47.5 Å². The number of aliphatic imine (C=N–C) groups is 1. The van der Waals surface area contributed by atoms with Crippen LogP contribution in [0.3, 0.4) is 0 Å². The largest absolute Gasteiger partial charge is 0.378 e. The first kappa shape index (κ1) is 22.0. The van der Waals surface area contributed by atoms with Gasteiger partial charge in [0.15, 0.2) is 5.96 Å². The Hall–Kier alpha value is -3.20. The molecule has 2 amide bonds. The van der Waals surface area contributed by atoms with E-state index in [0.717, 1.165) is 24.0 Å². The highest BCUT2D eigenvalue weighted by Gasteiger charge is 2.42. The van der Waals surface area contributed by atoms with E-state index >= 15 is 0 Å². The van der Waals surface area contributed by atoms with Crippen LogP contribution in [0.1, 0.15) is 54.7 Å². The number of nitrogens with one attached hydrogen (secondary N) is 1. The number of carbonyl (C=O) groups is 2. The van der Waals surface area contributed by atoms with Gasteiger partial charge < -0.3 is 20.4 Å². The summed E-state index contributed by atoms with van der Waals surface area (Å²) in [4.78, 5) is 36.3. The zero-order valence-electron chi connectivity index (χ0n) is 19.0. The van der Waals surface area contributed by atoms with Crippen LogP contribution in [0, 0.1) is 6.92 Å². The molecule has 3 atom stereocenters. The smallest absolute Gasteiger partial charge is 0.273 e. The lowest BCUT2D eigenvalue weighted by molar-refractivity contribution is -0.133. The molecule has 1 fully saturated rings. The van der Waals surface area contributed by atoms with Crippen LogP contribution in [0.25, 0.3) is 0 Å². The summed E-state index contributed by atoms with van der Waals surface area (Å²) in [6.45, 7) is 6.45. The first-order valence-electron chi connectivity index (χ1n) is 10.9. The molecular formula is C23H30N6O3. The number of ether oxygens (including phenoxy) is 1. The summed E-state index contributed by atoms with van der Waals surface area (Å²) in [5.41, 5.74) is 8.36. The van der Waals surface area contributed by atoms with Crippen LogP contribution in [-0.2, 0) is 22.1 Å². The first-order chi connectivity index (χ1) is 15.2. The monoisotopic (exact) mass is 438 g/mol. The van der Waals surface area contributed by atoms with Gasteiger partial charge in [0.1, 0.15) is 5.69 Å². The van der Waals surface area contributed by atoms with E-state index in [1.807, 2.05) is 39.0 Å². The molecule has 0 spiro atoms. The number of anilines is 1. The third-order valence-electron chi connectivity index (χ3n) is 6.41.